The second-order valence-electron chi connectivity index (χ2n) is 5.04. The van der Waals surface area contributed by atoms with E-state index in [0.717, 1.165) is 25.0 Å². The van der Waals surface area contributed by atoms with Crippen LogP contribution in [0.1, 0.15) is 19.3 Å². The zero-order valence-corrected chi connectivity index (χ0v) is 12.5. The number of carbonyl (C=O) groups is 1. The van der Waals surface area contributed by atoms with E-state index in [2.05, 4.69) is 12.2 Å². The van der Waals surface area contributed by atoms with E-state index in [1.165, 1.54) is 0 Å². The third kappa shape index (κ3) is 4.27. The highest BCUT2D eigenvalue weighted by Gasteiger charge is 2.21. The highest BCUT2D eigenvalue weighted by Crippen LogP contribution is 2.20. The Morgan fingerprint density at radius 3 is 2.75 bits per heavy atom. The molecule has 0 spiro atoms. The Hall–Kier alpha value is -1.48. The fourth-order valence-electron chi connectivity index (χ4n) is 2.27. The highest BCUT2D eigenvalue weighted by atomic mass is 35.5. The topological polar surface area (TPSA) is 29.5 Å². The van der Waals surface area contributed by atoms with Crippen molar-refractivity contribution in [3.05, 3.63) is 41.4 Å². The third-order valence-corrected chi connectivity index (χ3v) is 3.76. The molecule has 3 nitrogen and oxygen atoms in total. The highest BCUT2D eigenvalue weighted by molar-refractivity contribution is 6.30. The predicted octanol–water partition coefficient (Wildman–Crippen LogP) is 3.53. The molecular formula is C16H20ClNO2. The van der Waals surface area contributed by atoms with Crippen LogP contribution in [0.15, 0.2) is 36.4 Å². The van der Waals surface area contributed by atoms with Gasteiger partial charge >= 0.3 is 0 Å². The zero-order chi connectivity index (χ0) is 14.4. The molecule has 0 fully saturated rings. The number of benzene rings is 1. The van der Waals surface area contributed by atoms with Crippen molar-refractivity contribution in [3.8, 4) is 5.75 Å². The van der Waals surface area contributed by atoms with Crippen LogP contribution in [0.5, 0.6) is 5.75 Å². The number of allylic oxidation sites excluding steroid dienone is 2. The van der Waals surface area contributed by atoms with E-state index in [1.807, 2.05) is 19.2 Å². The van der Waals surface area contributed by atoms with Crippen LogP contribution in [0.3, 0.4) is 0 Å². The van der Waals surface area contributed by atoms with E-state index in [1.54, 1.807) is 17.0 Å². The maximum atomic E-state index is 12.2. The van der Waals surface area contributed by atoms with Gasteiger partial charge in [0.05, 0.1) is 6.54 Å². The van der Waals surface area contributed by atoms with Gasteiger partial charge in [-0.2, -0.15) is 0 Å². The van der Waals surface area contributed by atoms with Gasteiger partial charge in [0.25, 0.3) is 0 Å². The Labute approximate surface area is 125 Å². The lowest BCUT2D eigenvalue weighted by Crippen LogP contribution is -2.36. The summed E-state index contributed by atoms with van der Waals surface area (Å²) in [6.07, 6.45) is 7.07. The van der Waals surface area contributed by atoms with E-state index in [9.17, 15) is 4.79 Å². The fraction of sp³-hybridized carbons (Fsp3) is 0.438. The minimum atomic E-state index is 0.139. The molecule has 0 radical (unpaired) electrons. The second-order valence-corrected chi connectivity index (χ2v) is 5.48. The van der Waals surface area contributed by atoms with Gasteiger partial charge < -0.3 is 9.64 Å². The molecule has 1 aromatic rings. The van der Waals surface area contributed by atoms with Gasteiger partial charge in [0.15, 0.2) is 0 Å². The van der Waals surface area contributed by atoms with E-state index < -0.39 is 0 Å². The van der Waals surface area contributed by atoms with Gasteiger partial charge in [0.2, 0.25) is 5.91 Å². The number of rotatable bonds is 5. The van der Waals surface area contributed by atoms with E-state index >= 15 is 0 Å². The number of carbonyl (C=O) groups excluding carboxylic acids is 1. The summed E-state index contributed by atoms with van der Waals surface area (Å²) in [6.45, 7) is 1.09. The first-order chi connectivity index (χ1) is 9.66. The molecule has 1 amide bonds. The lowest BCUT2D eigenvalue weighted by Gasteiger charge is -2.24. The number of halogens is 1. The summed E-state index contributed by atoms with van der Waals surface area (Å²) in [5.74, 6) is 1.13. The summed E-state index contributed by atoms with van der Waals surface area (Å²) in [4.78, 5) is 14.0. The van der Waals surface area contributed by atoms with Crippen LogP contribution in [-0.2, 0) is 4.79 Å². The Morgan fingerprint density at radius 2 is 2.10 bits per heavy atom. The average molecular weight is 294 g/mol. The van der Waals surface area contributed by atoms with Crippen LogP contribution in [0.4, 0.5) is 0 Å². The monoisotopic (exact) mass is 293 g/mol. The normalized spacial score (nSPS) is 17.8. The van der Waals surface area contributed by atoms with Crippen molar-refractivity contribution in [2.45, 2.75) is 19.3 Å². The molecule has 1 atom stereocenters. The van der Waals surface area contributed by atoms with Crippen LogP contribution in [0.25, 0.3) is 0 Å². The standard InChI is InChI=1S/C16H20ClNO2/c1-18(16(19)13-5-3-2-4-6-13)11-12-20-15-9-7-14(17)8-10-15/h2-3,7-10,13H,4-6,11-12H2,1H3/t13-/m0/s1. The van der Waals surface area contributed by atoms with Gasteiger partial charge in [-0.05, 0) is 43.5 Å². The zero-order valence-electron chi connectivity index (χ0n) is 11.7. The Bertz CT molecular complexity index is 470. The smallest absolute Gasteiger partial charge is 0.225 e. The molecule has 1 aliphatic rings. The molecule has 0 heterocycles. The molecule has 108 valence electrons. The lowest BCUT2D eigenvalue weighted by atomic mass is 9.93. The van der Waals surface area contributed by atoms with Crippen LogP contribution in [0.2, 0.25) is 5.02 Å². The molecule has 4 heteroatoms. The number of likely N-dealkylation sites (N-methyl/N-ethyl adjacent to an activating group) is 1. The van der Waals surface area contributed by atoms with Crippen molar-refractivity contribution >= 4 is 17.5 Å². The van der Waals surface area contributed by atoms with Gasteiger partial charge in [0, 0.05) is 18.0 Å². The summed E-state index contributed by atoms with van der Waals surface area (Å²) in [7, 11) is 1.84. The van der Waals surface area contributed by atoms with E-state index in [-0.39, 0.29) is 11.8 Å². The Morgan fingerprint density at radius 1 is 1.35 bits per heavy atom. The van der Waals surface area contributed by atoms with Crippen molar-refractivity contribution in [3.63, 3.8) is 0 Å². The SMILES string of the molecule is CN(CCOc1ccc(Cl)cc1)C(=O)[C@H]1CC=CCC1. The van der Waals surface area contributed by atoms with Crippen molar-refractivity contribution in [1.82, 2.24) is 4.90 Å². The molecular weight excluding hydrogens is 274 g/mol. The number of hydrogen-bond acceptors (Lipinski definition) is 2. The molecule has 0 unspecified atom stereocenters. The van der Waals surface area contributed by atoms with Crippen LogP contribution in [0, 0.1) is 5.92 Å². The van der Waals surface area contributed by atoms with Gasteiger partial charge in [-0.3, -0.25) is 4.79 Å². The van der Waals surface area contributed by atoms with Crippen molar-refractivity contribution in [2.24, 2.45) is 5.92 Å². The van der Waals surface area contributed by atoms with E-state index in [4.69, 9.17) is 16.3 Å². The molecule has 0 aromatic heterocycles. The van der Waals surface area contributed by atoms with Crippen LogP contribution >= 0.6 is 11.6 Å². The predicted molar refractivity (Wildman–Crippen MR) is 81.1 cm³/mol. The molecule has 0 N–H and O–H groups in total. The molecule has 0 aliphatic heterocycles. The summed E-state index contributed by atoms with van der Waals surface area (Å²) in [5, 5.41) is 0.690. The summed E-state index contributed by atoms with van der Waals surface area (Å²) in [5.41, 5.74) is 0. The summed E-state index contributed by atoms with van der Waals surface area (Å²) >= 11 is 5.81. The van der Waals surface area contributed by atoms with Gasteiger partial charge in [0.1, 0.15) is 12.4 Å². The van der Waals surface area contributed by atoms with E-state index in [0.29, 0.717) is 18.2 Å². The second kappa shape index (κ2) is 7.34. The van der Waals surface area contributed by atoms with Crippen molar-refractivity contribution in [1.29, 1.82) is 0 Å². The van der Waals surface area contributed by atoms with Gasteiger partial charge in [-0.1, -0.05) is 23.8 Å². The molecule has 1 aromatic carbocycles. The maximum Gasteiger partial charge on any atom is 0.225 e. The lowest BCUT2D eigenvalue weighted by molar-refractivity contribution is -0.134. The first-order valence-corrected chi connectivity index (χ1v) is 7.33. The van der Waals surface area contributed by atoms with Crippen LogP contribution < -0.4 is 4.74 Å². The van der Waals surface area contributed by atoms with Crippen molar-refractivity contribution in [2.75, 3.05) is 20.2 Å². The van der Waals surface area contributed by atoms with Gasteiger partial charge in [-0.15, -0.1) is 0 Å². The molecule has 1 aliphatic carbocycles. The first kappa shape index (κ1) is 14.9. The number of hydrogen-bond donors (Lipinski definition) is 0. The minimum Gasteiger partial charge on any atom is -0.492 e. The molecule has 0 saturated heterocycles. The van der Waals surface area contributed by atoms with Gasteiger partial charge in [-0.25, -0.2) is 0 Å². The number of nitrogens with zero attached hydrogens (tertiary/aromatic N) is 1. The largest absolute Gasteiger partial charge is 0.492 e. The van der Waals surface area contributed by atoms with Crippen molar-refractivity contribution < 1.29 is 9.53 Å². The average Bonchev–Trinajstić information content (AvgIpc) is 2.49. The Kier molecular flexibility index (Phi) is 5.48. The summed E-state index contributed by atoms with van der Waals surface area (Å²) in [6, 6.07) is 7.24. The first-order valence-electron chi connectivity index (χ1n) is 6.95. The number of amides is 1. The maximum absolute atomic E-state index is 12.2. The Balaban J connectivity index is 1.74. The number of ether oxygens (including phenoxy) is 1. The summed E-state index contributed by atoms with van der Waals surface area (Å²) < 4.78 is 5.60. The quantitative estimate of drug-likeness (QED) is 0.777. The molecule has 0 saturated carbocycles. The van der Waals surface area contributed by atoms with Crippen LogP contribution in [-0.4, -0.2) is 31.0 Å². The minimum absolute atomic E-state index is 0.139. The fourth-order valence-corrected chi connectivity index (χ4v) is 2.40. The molecule has 2 rings (SSSR count). The molecule has 0 bridgehead atoms. The molecule has 20 heavy (non-hydrogen) atoms. The third-order valence-electron chi connectivity index (χ3n) is 3.50.